The highest BCUT2D eigenvalue weighted by atomic mass is 35.5. The van der Waals surface area contributed by atoms with Gasteiger partial charge in [-0.2, -0.15) is 9.97 Å². The number of aliphatic hydroxyl groups is 1. The Hall–Kier alpha value is -2.26. The minimum Gasteiger partial charge on any atom is -0.463 e. The number of nitrogens with zero attached hydrogens (tertiary/aromatic N) is 4. The second-order valence-electron chi connectivity index (χ2n) is 10.5. The van der Waals surface area contributed by atoms with Crippen LogP contribution in [0.1, 0.15) is 53.4 Å². The molecule has 2 aliphatic rings. The summed E-state index contributed by atoms with van der Waals surface area (Å²) in [6, 6.07) is 0.00272. The van der Waals surface area contributed by atoms with Crippen molar-refractivity contribution in [1.82, 2.24) is 15.0 Å². The molecule has 1 saturated carbocycles. The number of hydrogen-bond acceptors (Lipinski definition) is 8. The van der Waals surface area contributed by atoms with Crippen molar-refractivity contribution in [3.8, 4) is 6.01 Å². The predicted octanol–water partition coefficient (Wildman–Crippen LogP) is 3.92. The van der Waals surface area contributed by atoms with Crippen LogP contribution in [0.5, 0.6) is 6.01 Å². The summed E-state index contributed by atoms with van der Waals surface area (Å²) in [6.45, 7) is 8.62. The third-order valence-corrected chi connectivity index (χ3v) is 6.55. The highest BCUT2D eigenvalue weighted by Gasteiger charge is 2.44. The summed E-state index contributed by atoms with van der Waals surface area (Å²) in [7, 11) is 0. The van der Waals surface area contributed by atoms with Gasteiger partial charge in [-0.1, -0.05) is 11.6 Å². The van der Waals surface area contributed by atoms with Gasteiger partial charge in [0.1, 0.15) is 16.9 Å². The van der Waals surface area contributed by atoms with Crippen molar-refractivity contribution in [1.29, 1.82) is 0 Å². The fraction of sp³-hybridized carbons (Fsp3) is 0.652. The summed E-state index contributed by atoms with van der Waals surface area (Å²) < 4.78 is 26.3. The average molecular weight is 481 g/mol. The van der Waals surface area contributed by atoms with Crippen molar-refractivity contribution >= 4 is 34.3 Å². The zero-order chi connectivity index (χ0) is 24.0. The molecule has 1 saturated heterocycles. The maximum absolute atomic E-state index is 14.9. The Labute approximate surface area is 197 Å². The van der Waals surface area contributed by atoms with E-state index < -0.39 is 16.8 Å². The number of esters is 1. The van der Waals surface area contributed by atoms with Crippen molar-refractivity contribution in [3.05, 3.63) is 17.2 Å². The molecule has 0 bridgehead atoms. The van der Waals surface area contributed by atoms with Crippen LogP contribution in [0, 0.1) is 16.6 Å². The Balaban J connectivity index is 1.69. The molecule has 1 unspecified atom stereocenters. The lowest BCUT2D eigenvalue weighted by Crippen LogP contribution is -2.48. The standard InChI is InChI=1S/C23H30ClFN4O4/c1-21(2,3)33-19(31)22(4)6-5-9-29(11-22)18-14-10-26-17(24)15(25)16(14)27-20(28-18)32-13-23(12-30)7-8-23/h10,30H,5-9,11-13H2,1-4H3. The van der Waals surface area contributed by atoms with E-state index in [2.05, 4.69) is 15.0 Å². The normalized spacial score (nSPS) is 22.3. The van der Waals surface area contributed by atoms with Crippen LogP contribution in [0.25, 0.3) is 10.9 Å². The van der Waals surface area contributed by atoms with Gasteiger partial charge in [0.15, 0.2) is 11.0 Å². The number of rotatable bonds is 6. The molecule has 0 spiro atoms. The molecule has 3 heterocycles. The number of halogens is 2. The molecule has 0 aromatic carbocycles. The summed E-state index contributed by atoms with van der Waals surface area (Å²) in [6.07, 6.45) is 4.55. The van der Waals surface area contributed by atoms with Crippen LogP contribution in [0.4, 0.5) is 10.2 Å². The molecule has 1 aliphatic carbocycles. The monoisotopic (exact) mass is 480 g/mol. The van der Waals surface area contributed by atoms with E-state index in [4.69, 9.17) is 21.1 Å². The van der Waals surface area contributed by atoms with Gasteiger partial charge >= 0.3 is 12.0 Å². The minimum atomic E-state index is -0.753. The van der Waals surface area contributed by atoms with Crippen molar-refractivity contribution in [2.75, 3.05) is 31.2 Å². The maximum atomic E-state index is 14.9. The molecule has 1 N–H and O–H groups in total. The second-order valence-corrected chi connectivity index (χ2v) is 10.8. The van der Waals surface area contributed by atoms with Crippen LogP contribution < -0.4 is 9.64 Å². The summed E-state index contributed by atoms with van der Waals surface area (Å²) >= 11 is 5.91. The Kier molecular flexibility index (Phi) is 6.16. The Bertz CT molecular complexity index is 1070. The molecule has 2 aromatic rings. The largest absolute Gasteiger partial charge is 0.463 e. The van der Waals surface area contributed by atoms with E-state index in [0.717, 1.165) is 19.3 Å². The van der Waals surface area contributed by atoms with Crippen molar-refractivity contribution in [3.63, 3.8) is 0 Å². The molecule has 180 valence electrons. The number of aromatic nitrogens is 3. The number of carbonyl (C=O) groups excluding carboxylic acids is 1. The highest BCUT2D eigenvalue weighted by Crippen LogP contribution is 2.45. The Morgan fingerprint density at radius 2 is 2.03 bits per heavy atom. The fourth-order valence-electron chi connectivity index (χ4n) is 4.04. The Morgan fingerprint density at radius 3 is 2.67 bits per heavy atom. The first-order valence-corrected chi connectivity index (χ1v) is 11.6. The molecule has 33 heavy (non-hydrogen) atoms. The van der Waals surface area contributed by atoms with Gasteiger partial charge in [-0.15, -0.1) is 0 Å². The molecular weight excluding hydrogens is 451 g/mol. The van der Waals surface area contributed by atoms with Crippen LogP contribution in [-0.4, -0.2) is 57.9 Å². The van der Waals surface area contributed by atoms with Crippen LogP contribution in [-0.2, 0) is 9.53 Å². The lowest BCUT2D eigenvalue weighted by Gasteiger charge is -2.40. The van der Waals surface area contributed by atoms with Gasteiger partial charge in [-0.25, -0.2) is 9.37 Å². The predicted molar refractivity (Wildman–Crippen MR) is 122 cm³/mol. The van der Waals surface area contributed by atoms with Crippen molar-refractivity contribution in [2.45, 2.75) is 59.0 Å². The molecule has 2 aromatic heterocycles. The number of piperidine rings is 1. The summed E-state index contributed by atoms with van der Waals surface area (Å²) in [4.78, 5) is 27.7. The third kappa shape index (κ3) is 4.99. The van der Waals surface area contributed by atoms with Crippen molar-refractivity contribution < 1.29 is 23.8 Å². The van der Waals surface area contributed by atoms with Crippen LogP contribution in [0.2, 0.25) is 5.15 Å². The molecule has 2 fully saturated rings. The van der Waals surface area contributed by atoms with Gasteiger partial charge in [-0.05, 0) is 53.4 Å². The molecule has 0 radical (unpaired) electrons. The molecule has 0 amide bonds. The number of pyridine rings is 1. The van der Waals surface area contributed by atoms with Gasteiger partial charge in [0, 0.05) is 24.7 Å². The number of hydrogen-bond donors (Lipinski definition) is 1. The highest BCUT2D eigenvalue weighted by molar-refractivity contribution is 6.30. The second kappa shape index (κ2) is 8.51. The van der Waals surface area contributed by atoms with Gasteiger partial charge in [0.05, 0.1) is 24.0 Å². The fourth-order valence-corrected chi connectivity index (χ4v) is 4.17. The average Bonchev–Trinajstić information content (AvgIpc) is 3.54. The van der Waals surface area contributed by atoms with Crippen LogP contribution in [0.3, 0.4) is 0 Å². The number of fused-ring (bicyclic) bond motifs is 1. The van der Waals surface area contributed by atoms with Crippen LogP contribution >= 0.6 is 11.6 Å². The van der Waals surface area contributed by atoms with E-state index >= 15 is 0 Å². The molecule has 1 aliphatic heterocycles. The van der Waals surface area contributed by atoms with E-state index in [9.17, 15) is 14.3 Å². The van der Waals surface area contributed by atoms with Crippen molar-refractivity contribution in [2.24, 2.45) is 10.8 Å². The summed E-state index contributed by atoms with van der Waals surface area (Å²) in [5, 5.41) is 9.68. The van der Waals surface area contributed by atoms with E-state index in [1.54, 1.807) is 0 Å². The molecule has 4 rings (SSSR count). The first-order valence-electron chi connectivity index (χ1n) is 11.2. The molecular formula is C23H30ClFN4O4. The lowest BCUT2D eigenvalue weighted by atomic mass is 9.81. The van der Waals surface area contributed by atoms with Crippen LogP contribution in [0.15, 0.2) is 6.20 Å². The number of anilines is 1. The molecule has 8 nitrogen and oxygen atoms in total. The van der Waals surface area contributed by atoms with Gasteiger partial charge in [-0.3, -0.25) is 4.79 Å². The lowest BCUT2D eigenvalue weighted by molar-refractivity contribution is -0.167. The minimum absolute atomic E-state index is 0.00272. The topological polar surface area (TPSA) is 97.7 Å². The molecule has 1 atom stereocenters. The van der Waals surface area contributed by atoms with Gasteiger partial charge in [0.25, 0.3) is 0 Å². The van der Waals surface area contributed by atoms with E-state index in [-0.39, 0.29) is 41.3 Å². The summed E-state index contributed by atoms with van der Waals surface area (Å²) in [5.74, 6) is -0.597. The van der Waals surface area contributed by atoms with Gasteiger partial charge in [0.2, 0.25) is 0 Å². The maximum Gasteiger partial charge on any atom is 0.319 e. The van der Waals surface area contributed by atoms with Gasteiger partial charge < -0.3 is 19.5 Å². The third-order valence-electron chi connectivity index (χ3n) is 6.29. The number of carbonyl (C=O) groups is 1. The quantitative estimate of drug-likeness (QED) is 0.490. The first-order chi connectivity index (χ1) is 15.5. The number of aliphatic hydroxyl groups excluding tert-OH is 1. The first kappa shape index (κ1) is 23.9. The Morgan fingerprint density at radius 1 is 1.30 bits per heavy atom. The number of ether oxygens (including phenoxy) is 2. The van der Waals surface area contributed by atoms with E-state index in [0.29, 0.717) is 30.7 Å². The zero-order valence-electron chi connectivity index (χ0n) is 19.5. The van der Waals surface area contributed by atoms with E-state index in [1.807, 2.05) is 32.6 Å². The smallest absolute Gasteiger partial charge is 0.319 e. The molecule has 10 heteroatoms. The SMILES string of the molecule is CC(C)(C)OC(=O)C1(C)CCCN(c2nc(OCC3(CO)CC3)nc3c(F)c(Cl)ncc23)C1. The zero-order valence-corrected chi connectivity index (χ0v) is 20.2. The summed E-state index contributed by atoms with van der Waals surface area (Å²) in [5.41, 5.74) is -1.63. The van der Waals surface area contributed by atoms with E-state index in [1.165, 1.54) is 6.20 Å².